The first-order chi connectivity index (χ1) is 15.2. The zero-order chi connectivity index (χ0) is 20.8. The van der Waals surface area contributed by atoms with Crippen molar-refractivity contribution in [3.63, 3.8) is 0 Å². The molecule has 0 saturated carbocycles. The SMILES string of the molecule is C=C1CN(Cc2nnc(-c3cc(-c4cccc5[nH]ccc45)cc4[nH]ncc34)o2)CCO1. The van der Waals surface area contributed by atoms with Gasteiger partial charge in [-0.25, -0.2) is 0 Å². The van der Waals surface area contributed by atoms with Gasteiger partial charge in [0.1, 0.15) is 12.4 Å². The van der Waals surface area contributed by atoms with Gasteiger partial charge in [-0.15, -0.1) is 10.2 Å². The lowest BCUT2D eigenvalue weighted by atomic mass is 9.98. The summed E-state index contributed by atoms with van der Waals surface area (Å²) in [5.74, 6) is 1.81. The van der Waals surface area contributed by atoms with Crippen molar-refractivity contribution in [3.8, 4) is 22.6 Å². The molecule has 0 unspecified atom stereocenters. The molecule has 1 aliphatic rings. The van der Waals surface area contributed by atoms with Crippen LogP contribution in [0, 0.1) is 0 Å². The van der Waals surface area contributed by atoms with Gasteiger partial charge >= 0.3 is 0 Å². The number of benzene rings is 2. The second kappa shape index (κ2) is 7.10. The van der Waals surface area contributed by atoms with Gasteiger partial charge in [0, 0.05) is 29.0 Å². The molecule has 5 aromatic rings. The van der Waals surface area contributed by atoms with E-state index in [1.807, 2.05) is 12.3 Å². The van der Waals surface area contributed by atoms with Crippen molar-refractivity contribution < 1.29 is 9.15 Å². The standard InChI is InChI=1S/C23H20N6O2/c1-14-12-29(7-8-30-14)13-22-27-28-23(31-22)18-9-15(10-21-19(18)11-25-26-21)16-3-2-4-20-17(16)5-6-24-20/h2-6,9-11,24H,1,7-8,12-13H2,(H,25,26). The van der Waals surface area contributed by atoms with Crippen LogP contribution in [-0.2, 0) is 11.3 Å². The molecule has 4 heterocycles. The lowest BCUT2D eigenvalue weighted by Crippen LogP contribution is -2.34. The molecule has 0 amide bonds. The maximum absolute atomic E-state index is 6.07. The Labute approximate surface area is 177 Å². The fourth-order valence-corrected chi connectivity index (χ4v) is 4.17. The summed E-state index contributed by atoms with van der Waals surface area (Å²) >= 11 is 0. The second-order valence-electron chi connectivity index (χ2n) is 7.70. The third-order valence-electron chi connectivity index (χ3n) is 5.63. The number of aromatic amines is 2. The summed E-state index contributed by atoms with van der Waals surface area (Å²) in [5.41, 5.74) is 5.06. The lowest BCUT2D eigenvalue weighted by Gasteiger charge is -2.26. The molecule has 154 valence electrons. The van der Waals surface area contributed by atoms with Gasteiger partial charge in [0.15, 0.2) is 0 Å². The molecule has 8 nitrogen and oxygen atoms in total. The molecule has 0 atom stereocenters. The number of fused-ring (bicyclic) bond motifs is 2. The molecular weight excluding hydrogens is 392 g/mol. The molecule has 31 heavy (non-hydrogen) atoms. The van der Waals surface area contributed by atoms with E-state index >= 15 is 0 Å². The van der Waals surface area contributed by atoms with E-state index in [0.29, 0.717) is 31.5 Å². The van der Waals surface area contributed by atoms with Crippen LogP contribution in [0.3, 0.4) is 0 Å². The molecule has 1 fully saturated rings. The average molecular weight is 412 g/mol. The molecule has 0 bridgehead atoms. The smallest absolute Gasteiger partial charge is 0.248 e. The molecular formula is C23H20N6O2. The molecule has 6 rings (SSSR count). The number of aromatic nitrogens is 5. The number of hydrogen-bond acceptors (Lipinski definition) is 6. The maximum Gasteiger partial charge on any atom is 0.248 e. The summed E-state index contributed by atoms with van der Waals surface area (Å²) in [5, 5.41) is 18.0. The summed E-state index contributed by atoms with van der Waals surface area (Å²) in [6.45, 7) is 6.56. The van der Waals surface area contributed by atoms with Crippen molar-refractivity contribution in [2.45, 2.75) is 6.54 Å². The molecule has 0 radical (unpaired) electrons. The minimum absolute atomic E-state index is 0.483. The van der Waals surface area contributed by atoms with Crippen LogP contribution in [0.4, 0.5) is 0 Å². The predicted molar refractivity (Wildman–Crippen MR) is 117 cm³/mol. The summed E-state index contributed by atoms with van der Waals surface area (Å²) in [6.07, 6.45) is 3.75. The number of H-pyrrole nitrogens is 2. The van der Waals surface area contributed by atoms with E-state index in [2.05, 4.69) is 67.2 Å². The third-order valence-corrected chi connectivity index (χ3v) is 5.63. The van der Waals surface area contributed by atoms with Gasteiger partial charge in [0.2, 0.25) is 11.8 Å². The highest BCUT2D eigenvalue weighted by atomic mass is 16.5. The van der Waals surface area contributed by atoms with Gasteiger partial charge in [0.05, 0.1) is 30.4 Å². The van der Waals surface area contributed by atoms with Crippen LogP contribution >= 0.6 is 0 Å². The molecule has 1 aliphatic heterocycles. The number of hydrogen-bond donors (Lipinski definition) is 2. The molecule has 2 aromatic carbocycles. The van der Waals surface area contributed by atoms with Gasteiger partial charge in [-0.3, -0.25) is 10.00 Å². The van der Waals surface area contributed by atoms with Gasteiger partial charge in [0.25, 0.3) is 0 Å². The van der Waals surface area contributed by atoms with Crippen LogP contribution < -0.4 is 0 Å². The summed E-state index contributed by atoms with van der Waals surface area (Å²) in [7, 11) is 0. The molecule has 2 N–H and O–H groups in total. The minimum Gasteiger partial charge on any atom is -0.496 e. The summed E-state index contributed by atoms with van der Waals surface area (Å²) < 4.78 is 11.5. The van der Waals surface area contributed by atoms with Crippen molar-refractivity contribution in [1.82, 2.24) is 30.3 Å². The van der Waals surface area contributed by atoms with Crippen LogP contribution in [0.5, 0.6) is 0 Å². The van der Waals surface area contributed by atoms with Crippen LogP contribution in [0.25, 0.3) is 44.4 Å². The van der Waals surface area contributed by atoms with Crippen molar-refractivity contribution in [2.75, 3.05) is 19.7 Å². The minimum atomic E-state index is 0.483. The quantitative estimate of drug-likeness (QED) is 0.461. The Morgan fingerprint density at radius 2 is 2.03 bits per heavy atom. The predicted octanol–water partition coefficient (Wildman–Crippen LogP) is 4.11. The lowest BCUT2D eigenvalue weighted by molar-refractivity contribution is 0.0854. The Balaban J connectivity index is 1.41. The van der Waals surface area contributed by atoms with Crippen molar-refractivity contribution in [2.24, 2.45) is 0 Å². The zero-order valence-electron chi connectivity index (χ0n) is 16.8. The number of nitrogens with zero attached hydrogens (tertiary/aromatic N) is 4. The first-order valence-electron chi connectivity index (χ1n) is 10.1. The Morgan fingerprint density at radius 3 is 2.97 bits per heavy atom. The van der Waals surface area contributed by atoms with E-state index in [1.54, 1.807) is 6.20 Å². The molecule has 0 aliphatic carbocycles. The first kappa shape index (κ1) is 17.9. The topological polar surface area (TPSA) is 95.9 Å². The third kappa shape index (κ3) is 3.17. The maximum atomic E-state index is 6.07. The highest BCUT2D eigenvalue weighted by Crippen LogP contribution is 2.35. The van der Waals surface area contributed by atoms with Crippen molar-refractivity contribution >= 4 is 21.8 Å². The number of morpholine rings is 1. The van der Waals surface area contributed by atoms with Gasteiger partial charge in [-0.05, 0) is 35.4 Å². The van der Waals surface area contributed by atoms with Crippen LogP contribution in [0.2, 0.25) is 0 Å². The molecule has 1 saturated heterocycles. The number of rotatable bonds is 4. The largest absolute Gasteiger partial charge is 0.496 e. The van der Waals surface area contributed by atoms with Crippen molar-refractivity contribution in [1.29, 1.82) is 0 Å². The molecule has 8 heteroatoms. The fourth-order valence-electron chi connectivity index (χ4n) is 4.17. The average Bonchev–Trinajstić information content (AvgIpc) is 3.53. The monoisotopic (exact) mass is 412 g/mol. The van der Waals surface area contributed by atoms with Crippen LogP contribution in [0.15, 0.2) is 65.5 Å². The van der Waals surface area contributed by atoms with Gasteiger partial charge in [-0.1, -0.05) is 18.7 Å². The number of ether oxygens (including phenoxy) is 1. The highest BCUT2D eigenvalue weighted by molar-refractivity contribution is 6.01. The first-order valence-corrected chi connectivity index (χ1v) is 10.1. The Hall–Kier alpha value is -3.91. The molecule has 3 aromatic heterocycles. The van der Waals surface area contributed by atoms with Gasteiger partial charge in [-0.2, -0.15) is 5.10 Å². The van der Waals surface area contributed by atoms with Crippen LogP contribution in [-0.4, -0.2) is 50.0 Å². The fraction of sp³-hybridized carbons (Fsp3) is 0.174. The van der Waals surface area contributed by atoms with E-state index in [1.165, 1.54) is 0 Å². The Morgan fingerprint density at radius 1 is 1.06 bits per heavy atom. The highest BCUT2D eigenvalue weighted by Gasteiger charge is 2.19. The van der Waals surface area contributed by atoms with Gasteiger partial charge < -0.3 is 14.1 Å². The van der Waals surface area contributed by atoms with E-state index in [-0.39, 0.29) is 0 Å². The van der Waals surface area contributed by atoms with E-state index in [0.717, 1.165) is 50.8 Å². The Kier molecular flexibility index (Phi) is 4.10. The van der Waals surface area contributed by atoms with Crippen molar-refractivity contribution in [3.05, 3.63) is 67.0 Å². The normalized spacial score (nSPS) is 15.0. The summed E-state index contributed by atoms with van der Waals surface area (Å²) in [6, 6.07) is 12.5. The Bertz CT molecular complexity index is 1410. The molecule has 0 spiro atoms. The van der Waals surface area contributed by atoms with Crippen LogP contribution in [0.1, 0.15) is 5.89 Å². The number of nitrogens with one attached hydrogen (secondary N) is 2. The van der Waals surface area contributed by atoms with E-state index in [9.17, 15) is 0 Å². The van der Waals surface area contributed by atoms with E-state index < -0.39 is 0 Å². The second-order valence-corrected chi connectivity index (χ2v) is 7.70. The zero-order valence-corrected chi connectivity index (χ0v) is 16.8. The summed E-state index contributed by atoms with van der Waals surface area (Å²) in [4.78, 5) is 5.45. The van der Waals surface area contributed by atoms with E-state index in [4.69, 9.17) is 9.15 Å².